The molecule has 2 heterocycles. The van der Waals surface area contributed by atoms with Crippen molar-refractivity contribution in [3.63, 3.8) is 0 Å². The van der Waals surface area contributed by atoms with E-state index < -0.39 is 5.97 Å². The van der Waals surface area contributed by atoms with Crippen molar-refractivity contribution < 1.29 is 14.3 Å². The van der Waals surface area contributed by atoms with Gasteiger partial charge in [0.25, 0.3) is 0 Å². The lowest BCUT2D eigenvalue weighted by Gasteiger charge is -2.28. The molecule has 1 aliphatic heterocycles. The fourth-order valence-corrected chi connectivity index (χ4v) is 5.13. The highest BCUT2D eigenvalue weighted by Crippen LogP contribution is 2.31. The second-order valence-electron chi connectivity index (χ2n) is 5.14. The zero-order valence-electron chi connectivity index (χ0n) is 14.5. The molecule has 0 fully saturated rings. The molecule has 0 aliphatic carbocycles. The van der Waals surface area contributed by atoms with Crippen molar-refractivity contribution >= 4 is 46.9 Å². The molecule has 0 saturated carbocycles. The Morgan fingerprint density at radius 3 is 2.60 bits per heavy atom. The zero-order valence-corrected chi connectivity index (χ0v) is 16.9. The molecule has 0 spiro atoms. The molecule has 1 aromatic heterocycles. The lowest BCUT2D eigenvalue weighted by atomic mass is 10.0. The fraction of sp³-hybridized carbons (Fsp3) is 0.600. The number of thioether (sulfide) groups is 2. The molecule has 25 heavy (non-hydrogen) atoms. The zero-order chi connectivity index (χ0) is 18.2. The van der Waals surface area contributed by atoms with Gasteiger partial charge in [-0.25, -0.2) is 9.59 Å². The summed E-state index contributed by atoms with van der Waals surface area (Å²) in [5.74, 6) is 1.05. The molecule has 2 rings (SSSR count). The van der Waals surface area contributed by atoms with Gasteiger partial charge >= 0.3 is 12.0 Å². The summed E-state index contributed by atoms with van der Waals surface area (Å²) >= 11 is 4.67. The van der Waals surface area contributed by atoms with Gasteiger partial charge in [-0.1, -0.05) is 48.7 Å². The largest absolute Gasteiger partial charge is 0.463 e. The predicted molar refractivity (Wildman–Crippen MR) is 101 cm³/mol. The van der Waals surface area contributed by atoms with Crippen LogP contribution in [0.4, 0.5) is 4.79 Å². The number of ether oxygens (including phenoxy) is 1. The summed E-state index contributed by atoms with van der Waals surface area (Å²) in [7, 11) is 0. The Hall–Kier alpha value is -1.26. The molecule has 0 aromatic carbocycles. The molecular weight excluding hydrogens is 380 g/mol. The molecule has 10 heteroatoms. The average Bonchev–Trinajstić information content (AvgIpc) is 3.05. The van der Waals surface area contributed by atoms with Crippen LogP contribution in [0.1, 0.15) is 33.6 Å². The Morgan fingerprint density at radius 1 is 1.24 bits per heavy atom. The summed E-state index contributed by atoms with van der Waals surface area (Å²) in [6, 6.07) is -0.638. The highest BCUT2D eigenvalue weighted by Gasteiger charge is 2.31. The van der Waals surface area contributed by atoms with E-state index in [1.165, 1.54) is 23.1 Å². The average molecular weight is 403 g/mol. The van der Waals surface area contributed by atoms with Crippen molar-refractivity contribution in [1.82, 2.24) is 20.8 Å². The summed E-state index contributed by atoms with van der Waals surface area (Å²) in [5.41, 5.74) is 1.07. The van der Waals surface area contributed by atoms with Crippen molar-refractivity contribution in [2.75, 3.05) is 18.1 Å². The van der Waals surface area contributed by atoms with Crippen LogP contribution < -0.4 is 10.6 Å². The van der Waals surface area contributed by atoms with Crippen LogP contribution in [0.25, 0.3) is 0 Å². The number of hydrogen-bond donors (Lipinski definition) is 2. The Bertz CT molecular complexity index is 648. The van der Waals surface area contributed by atoms with Gasteiger partial charge < -0.3 is 15.4 Å². The number of rotatable bonds is 9. The molecule has 1 atom stereocenters. The standard InChI is InChI=1S/C15H22N4O3S3/c1-4-7-23-14-18-19-15(25-14)24-8-10-11(12(20)22-6-3)9(5-2)16-13(21)17-10/h9H,4-8H2,1-3H3,(H2,16,17,21)/t9-/m0/s1. The van der Waals surface area contributed by atoms with Gasteiger partial charge in [-0.05, 0) is 19.8 Å². The second kappa shape index (κ2) is 10.0. The Morgan fingerprint density at radius 2 is 1.96 bits per heavy atom. The van der Waals surface area contributed by atoms with Gasteiger partial charge in [0.1, 0.15) is 0 Å². The number of carbonyl (C=O) groups excluding carboxylic acids is 2. The summed E-state index contributed by atoms with van der Waals surface area (Å²) in [6.45, 7) is 6.10. The maximum atomic E-state index is 12.3. The summed E-state index contributed by atoms with van der Waals surface area (Å²) in [4.78, 5) is 24.2. The molecule has 7 nitrogen and oxygen atoms in total. The highest BCUT2D eigenvalue weighted by molar-refractivity contribution is 8.03. The third-order valence-electron chi connectivity index (χ3n) is 3.30. The van der Waals surface area contributed by atoms with Gasteiger partial charge in [-0.15, -0.1) is 10.2 Å². The normalized spacial score (nSPS) is 17.2. The molecule has 0 radical (unpaired) electrons. The van der Waals surface area contributed by atoms with Gasteiger partial charge in [-0.2, -0.15) is 0 Å². The van der Waals surface area contributed by atoms with E-state index >= 15 is 0 Å². The quantitative estimate of drug-likeness (QED) is 0.484. The van der Waals surface area contributed by atoms with Crippen molar-refractivity contribution in [2.45, 2.75) is 48.3 Å². The number of aromatic nitrogens is 2. The minimum absolute atomic E-state index is 0.293. The third-order valence-corrected chi connectivity index (χ3v) is 6.73. The predicted octanol–water partition coefficient (Wildman–Crippen LogP) is 3.04. The van der Waals surface area contributed by atoms with Crippen LogP contribution in [0.2, 0.25) is 0 Å². The molecule has 1 aliphatic rings. The van der Waals surface area contributed by atoms with E-state index in [0.29, 0.717) is 30.1 Å². The first-order valence-electron chi connectivity index (χ1n) is 8.15. The van der Waals surface area contributed by atoms with Crippen LogP contribution in [-0.4, -0.2) is 46.4 Å². The minimum atomic E-state index is -0.395. The van der Waals surface area contributed by atoms with Crippen LogP contribution in [0, 0.1) is 0 Å². The second-order valence-corrected chi connectivity index (χ2v) is 8.69. The number of urea groups is 1. The molecule has 0 unspecified atom stereocenters. The number of carbonyl (C=O) groups is 2. The van der Waals surface area contributed by atoms with Crippen molar-refractivity contribution in [1.29, 1.82) is 0 Å². The fourth-order valence-electron chi connectivity index (χ4n) is 2.21. The van der Waals surface area contributed by atoms with Gasteiger partial charge in [0.15, 0.2) is 8.68 Å². The van der Waals surface area contributed by atoms with Gasteiger partial charge in [0.05, 0.1) is 18.2 Å². The number of nitrogens with one attached hydrogen (secondary N) is 2. The van der Waals surface area contributed by atoms with Gasteiger partial charge in [-0.3, -0.25) is 0 Å². The lowest BCUT2D eigenvalue weighted by molar-refractivity contribution is -0.139. The van der Waals surface area contributed by atoms with E-state index in [9.17, 15) is 9.59 Å². The maximum Gasteiger partial charge on any atom is 0.337 e. The Kier molecular flexibility index (Phi) is 8.04. The first-order chi connectivity index (χ1) is 12.1. The van der Waals surface area contributed by atoms with Gasteiger partial charge in [0, 0.05) is 17.2 Å². The number of esters is 1. The van der Waals surface area contributed by atoms with E-state index in [1.807, 2.05) is 6.92 Å². The topological polar surface area (TPSA) is 93.2 Å². The van der Waals surface area contributed by atoms with E-state index in [2.05, 4.69) is 27.8 Å². The smallest absolute Gasteiger partial charge is 0.337 e. The SMILES string of the molecule is CCCSc1nnc(SCC2=C(C(=O)OCC)[C@H](CC)NC(=O)N2)s1. The van der Waals surface area contributed by atoms with Crippen molar-refractivity contribution in [3.8, 4) is 0 Å². The van der Waals surface area contributed by atoms with E-state index in [1.54, 1.807) is 18.7 Å². The highest BCUT2D eigenvalue weighted by atomic mass is 32.2. The first kappa shape index (κ1) is 20.1. The van der Waals surface area contributed by atoms with Gasteiger partial charge in [0.2, 0.25) is 0 Å². The van der Waals surface area contributed by atoms with E-state index in [4.69, 9.17) is 4.74 Å². The minimum Gasteiger partial charge on any atom is -0.463 e. The van der Waals surface area contributed by atoms with Crippen molar-refractivity contribution in [2.24, 2.45) is 0 Å². The van der Waals surface area contributed by atoms with Crippen LogP contribution in [0.3, 0.4) is 0 Å². The van der Waals surface area contributed by atoms with Crippen molar-refractivity contribution in [3.05, 3.63) is 11.3 Å². The monoisotopic (exact) mass is 402 g/mol. The van der Waals surface area contributed by atoms with Crippen LogP contribution in [0.5, 0.6) is 0 Å². The van der Waals surface area contributed by atoms with E-state index in [-0.39, 0.29) is 12.1 Å². The molecule has 138 valence electrons. The third kappa shape index (κ3) is 5.61. The van der Waals surface area contributed by atoms with Crippen LogP contribution >= 0.6 is 34.9 Å². The summed E-state index contributed by atoms with van der Waals surface area (Å²) in [6.07, 6.45) is 1.70. The lowest BCUT2D eigenvalue weighted by Crippen LogP contribution is -2.50. The maximum absolute atomic E-state index is 12.3. The van der Waals surface area contributed by atoms with Crippen LogP contribution in [-0.2, 0) is 9.53 Å². The van der Waals surface area contributed by atoms with Crippen LogP contribution in [0.15, 0.2) is 19.9 Å². The Labute approximate surface area is 159 Å². The molecule has 2 N–H and O–H groups in total. The Balaban J connectivity index is 2.12. The van der Waals surface area contributed by atoms with E-state index in [0.717, 1.165) is 20.9 Å². The molecule has 0 bridgehead atoms. The number of hydrogen-bond acceptors (Lipinski definition) is 8. The number of amides is 2. The first-order valence-corrected chi connectivity index (χ1v) is 10.9. The molecule has 0 saturated heterocycles. The molecular formula is C15H22N4O3S3. The summed E-state index contributed by atoms with van der Waals surface area (Å²) in [5, 5.41) is 13.8. The number of nitrogens with zero attached hydrogens (tertiary/aromatic N) is 2. The molecule has 1 aromatic rings. The molecule has 2 amide bonds. The summed E-state index contributed by atoms with van der Waals surface area (Å²) < 4.78 is 6.90.